The van der Waals surface area contributed by atoms with Gasteiger partial charge in [0.05, 0.1) is 13.2 Å². The van der Waals surface area contributed by atoms with Crippen LogP contribution in [0, 0.1) is 0 Å². The van der Waals surface area contributed by atoms with Crippen molar-refractivity contribution in [1.82, 2.24) is 4.31 Å². The van der Waals surface area contributed by atoms with Crippen LogP contribution < -0.4 is 15.9 Å². The summed E-state index contributed by atoms with van der Waals surface area (Å²) in [5.41, 5.74) is -5.64. The van der Waals surface area contributed by atoms with Gasteiger partial charge in [-0.15, -0.1) is 0 Å². The van der Waals surface area contributed by atoms with E-state index < -0.39 is 36.2 Å². The van der Waals surface area contributed by atoms with Crippen LogP contribution in [0.5, 0.6) is 0 Å². The normalized spacial score (nSPS) is 16.6. The number of alkyl halides is 3. The third-order valence-electron chi connectivity index (χ3n) is 6.30. The maximum atomic E-state index is 14.1. The smallest absolute Gasteiger partial charge is 0.307 e. The lowest BCUT2D eigenvalue weighted by atomic mass is 10.3. The predicted octanol–water partition coefficient (Wildman–Crippen LogP) is 6.14. The molecule has 3 aromatic rings. The minimum Gasteiger partial charge on any atom is -0.307 e. The SMILES string of the molecule is CCOP(=O)(OCC)C1C=C([P+](c2ccccc2)(c2ccccc2)c2ccccc2)C=CN1S(=O)(=O)C(F)(F)F. The summed E-state index contributed by atoms with van der Waals surface area (Å²) in [6.07, 6.45) is 3.51. The quantitative estimate of drug-likeness (QED) is 0.258. The molecular weight excluding hydrogens is 581 g/mol. The molecule has 12 heteroatoms. The first-order valence-electron chi connectivity index (χ1n) is 12.5. The highest BCUT2D eigenvalue weighted by atomic mass is 32.2. The van der Waals surface area contributed by atoms with Crippen LogP contribution in [-0.4, -0.2) is 37.2 Å². The molecule has 40 heavy (non-hydrogen) atoms. The Morgan fingerprint density at radius 2 is 1.20 bits per heavy atom. The summed E-state index contributed by atoms with van der Waals surface area (Å²) in [5, 5.41) is 3.12. The predicted molar refractivity (Wildman–Crippen MR) is 154 cm³/mol. The first-order chi connectivity index (χ1) is 19.0. The number of benzene rings is 3. The van der Waals surface area contributed by atoms with E-state index in [1.807, 2.05) is 91.0 Å². The first-order valence-corrected chi connectivity index (χ1v) is 17.3. The fourth-order valence-electron chi connectivity index (χ4n) is 4.71. The van der Waals surface area contributed by atoms with Gasteiger partial charge in [0.1, 0.15) is 28.5 Å². The molecule has 0 saturated heterocycles. The molecule has 6 nitrogen and oxygen atoms in total. The second-order valence-corrected chi connectivity index (χ2v) is 16.0. The Bertz CT molecular complexity index is 1410. The topological polar surface area (TPSA) is 72.9 Å². The number of hydrogen-bond acceptors (Lipinski definition) is 5. The lowest BCUT2D eigenvalue weighted by molar-refractivity contribution is -0.0479. The summed E-state index contributed by atoms with van der Waals surface area (Å²) in [6.45, 7) is 2.67. The molecule has 1 aliphatic rings. The summed E-state index contributed by atoms with van der Waals surface area (Å²) in [5.74, 6) is -1.89. The monoisotopic (exact) mass is 610 g/mol. The maximum absolute atomic E-state index is 14.1. The highest BCUT2D eigenvalue weighted by molar-refractivity contribution is 7.99. The van der Waals surface area contributed by atoms with Crippen LogP contribution in [0.2, 0.25) is 0 Å². The van der Waals surface area contributed by atoms with Crippen LogP contribution in [0.15, 0.2) is 115 Å². The zero-order valence-corrected chi connectivity index (χ0v) is 24.4. The standard InChI is InChI=1S/C28H29F3NO5P2S/c1-3-36-39(33,37-4-2)27-22-26(20-21-32(27)40(34,35)28(29,30)31)38(23-14-8-5-9-15-23,24-16-10-6-11-17-24)25-18-12-7-13-19-25/h5-22,27H,3-4H2,1-2H3/q+1. The van der Waals surface area contributed by atoms with E-state index in [-0.39, 0.29) is 17.5 Å². The van der Waals surface area contributed by atoms with E-state index in [1.54, 1.807) is 0 Å². The Kier molecular flexibility index (Phi) is 9.08. The Labute approximate surface area is 233 Å². The van der Waals surface area contributed by atoms with Crippen molar-refractivity contribution in [3.05, 3.63) is 115 Å². The molecule has 4 rings (SSSR count). The van der Waals surface area contributed by atoms with Crippen LogP contribution in [0.25, 0.3) is 0 Å². The van der Waals surface area contributed by atoms with E-state index in [2.05, 4.69) is 0 Å². The number of halogens is 3. The van der Waals surface area contributed by atoms with Gasteiger partial charge in [0.2, 0.25) is 0 Å². The van der Waals surface area contributed by atoms with Gasteiger partial charge in [-0.3, -0.25) is 8.87 Å². The van der Waals surface area contributed by atoms with Crippen molar-refractivity contribution in [1.29, 1.82) is 0 Å². The second kappa shape index (κ2) is 12.0. The van der Waals surface area contributed by atoms with Crippen molar-refractivity contribution in [3.8, 4) is 0 Å². The lowest BCUT2D eigenvalue weighted by Crippen LogP contribution is -2.45. The van der Waals surface area contributed by atoms with Crippen LogP contribution in [0.3, 0.4) is 0 Å². The van der Waals surface area contributed by atoms with Gasteiger partial charge in [0.15, 0.2) is 5.78 Å². The fraction of sp³-hybridized carbons (Fsp3) is 0.214. The highest BCUT2D eigenvalue weighted by Gasteiger charge is 2.58. The van der Waals surface area contributed by atoms with E-state index in [0.717, 1.165) is 22.1 Å². The molecule has 0 saturated carbocycles. The summed E-state index contributed by atoms with van der Waals surface area (Å²) in [4.78, 5) is 0. The Morgan fingerprint density at radius 3 is 1.55 bits per heavy atom. The lowest BCUT2D eigenvalue weighted by Gasteiger charge is -2.37. The molecule has 0 amide bonds. The van der Waals surface area contributed by atoms with Crippen LogP contribution in [0.4, 0.5) is 13.2 Å². The molecule has 1 heterocycles. The molecule has 0 bridgehead atoms. The zero-order chi connectivity index (χ0) is 29.0. The number of nitrogens with zero attached hydrogens (tertiary/aromatic N) is 1. The zero-order valence-electron chi connectivity index (χ0n) is 21.8. The third kappa shape index (κ3) is 5.44. The van der Waals surface area contributed by atoms with Gasteiger partial charge in [0.25, 0.3) is 0 Å². The summed E-state index contributed by atoms with van der Waals surface area (Å²) in [7, 11) is -13.3. The number of hydrogen-bond donors (Lipinski definition) is 0. The maximum Gasteiger partial charge on any atom is 0.516 e. The molecule has 1 unspecified atom stereocenters. The molecule has 3 aromatic carbocycles. The number of sulfonamides is 1. The molecule has 1 atom stereocenters. The molecule has 0 N–H and O–H groups in total. The van der Waals surface area contributed by atoms with Gasteiger partial charge in [-0.25, -0.2) is 0 Å². The van der Waals surface area contributed by atoms with Gasteiger partial charge in [-0.1, -0.05) is 54.6 Å². The van der Waals surface area contributed by atoms with E-state index in [1.165, 1.54) is 26.0 Å². The van der Waals surface area contributed by atoms with Gasteiger partial charge in [-0.2, -0.15) is 21.6 Å². The Hall–Kier alpha value is -2.74. The van der Waals surface area contributed by atoms with Gasteiger partial charge in [-0.05, 0) is 62.4 Å². The molecule has 0 aromatic heterocycles. The largest absolute Gasteiger partial charge is 0.516 e. The van der Waals surface area contributed by atoms with Crippen LogP contribution >= 0.6 is 14.9 Å². The van der Waals surface area contributed by atoms with Crippen molar-refractivity contribution in [2.24, 2.45) is 0 Å². The van der Waals surface area contributed by atoms with Crippen molar-refractivity contribution in [2.45, 2.75) is 25.1 Å². The number of rotatable bonds is 10. The highest BCUT2D eigenvalue weighted by Crippen LogP contribution is 2.66. The Balaban J connectivity index is 2.10. The minimum absolute atomic E-state index is 0.0538. The van der Waals surface area contributed by atoms with Crippen molar-refractivity contribution >= 4 is 40.8 Å². The van der Waals surface area contributed by atoms with Gasteiger partial charge < -0.3 is 9.05 Å². The molecule has 1 aliphatic heterocycles. The number of allylic oxidation sites excluding steroid dienone is 2. The Morgan fingerprint density at radius 1 is 0.800 bits per heavy atom. The molecule has 0 radical (unpaired) electrons. The van der Waals surface area contributed by atoms with Crippen molar-refractivity contribution in [2.75, 3.05) is 13.2 Å². The summed E-state index contributed by atoms with van der Waals surface area (Å²) >= 11 is 0. The average molecular weight is 611 g/mol. The van der Waals surface area contributed by atoms with Crippen molar-refractivity contribution in [3.63, 3.8) is 0 Å². The third-order valence-corrected chi connectivity index (χ3v) is 14.5. The van der Waals surface area contributed by atoms with Gasteiger partial charge >= 0.3 is 23.1 Å². The molecule has 0 fully saturated rings. The van der Waals surface area contributed by atoms with E-state index in [4.69, 9.17) is 9.05 Å². The van der Waals surface area contributed by atoms with Crippen LogP contribution in [-0.2, 0) is 23.6 Å². The van der Waals surface area contributed by atoms with Gasteiger partial charge in [0, 0.05) is 6.20 Å². The van der Waals surface area contributed by atoms with E-state index in [0.29, 0.717) is 5.31 Å². The minimum atomic E-state index is -5.95. The molecule has 212 valence electrons. The summed E-state index contributed by atoms with van der Waals surface area (Å²) < 4.78 is 91.9. The fourth-order valence-corrected chi connectivity index (χ4v) is 12.5. The second-order valence-electron chi connectivity index (χ2n) is 8.65. The molecule has 0 aliphatic carbocycles. The van der Waals surface area contributed by atoms with E-state index in [9.17, 15) is 26.2 Å². The van der Waals surface area contributed by atoms with Crippen LogP contribution in [0.1, 0.15) is 13.8 Å². The van der Waals surface area contributed by atoms with E-state index >= 15 is 0 Å². The average Bonchev–Trinajstić information content (AvgIpc) is 2.95. The molecule has 0 spiro atoms. The van der Waals surface area contributed by atoms with Crippen molar-refractivity contribution < 1.29 is 35.2 Å². The first kappa shape index (κ1) is 30.2. The summed E-state index contributed by atoms with van der Waals surface area (Å²) in [6, 6.07) is 28.4. The molecular formula is C28H29F3NO5P2S+.